The maximum atomic E-state index is 3.64. The van der Waals surface area contributed by atoms with Gasteiger partial charge in [0.15, 0.2) is 0 Å². The van der Waals surface area contributed by atoms with Gasteiger partial charge >= 0.3 is 0 Å². The van der Waals surface area contributed by atoms with Crippen molar-refractivity contribution in [3.63, 3.8) is 0 Å². The Morgan fingerprint density at radius 3 is 2.73 bits per heavy atom. The zero-order valence-electron chi connectivity index (χ0n) is 7.54. The summed E-state index contributed by atoms with van der Waals surface area (Å²) in [5, 5.41) is 7.12. The third kappa shape index (κ3) is 0.926. The topological polar surface area (TPSA) is 24.1 Å². The van der Waals surface area contributed by atoms with Crippen molar-refractivity contribution in [2.45, 2.75) is 32.2 Å². The van der Waals surface area contributed by atoms with Crippen LogP contribution in [0.25, 0.3) is 0 Å². The second kappa shape index (κ2) is 2.20. The van der Waals surface area contributed by atoms with Gasteiger partial charge in [-0.05, 0) is 31.7 Å². The van der Waals surface area contributed by atoms with Crippen molar-refractivity contribution in [1.82, 2.24) is 10.6 Å². The second-order valence-corrected chi connectivity index (χ2v) is 4.53. The predicted molar refractivity (Wildman–Crippen MR) is 46.6 cm³/mol. The van der Waals surface area contributed by atoms with E-state index >= 15 is 0 Å². The Balaban J connectivity index is 2.24. The molecule has 0 aromatic carbocycles. The molecule has 2 fully saturated rings. The fourth-order valence-corrected chi connectivity index (χ4v) is 2.48. The molecule has 0 saturated carbocycles. The van der Waals surface area contributed by atoms with Gasteiger partial charge in [-0.2, -0.15) is 0 Å². The van der Waals surface area contributed by atoms with E-state index in [1.165, 1.54) is 25.9 Å². The molecule has 0 unspecified atom stereocenters. The summed E-state index contributed by atoms with van der Waals surface area (Å²) in [7, 11) is 0. The Hall–Kier alpha value is -0.0800. The first-order chi connectivity index (χ1) is 5.16. The first-order valence-corrected chi connectivity index (χ1v) is 4.62. The van der Waals surface area contributed by atoms with Crippen LogP contribution in [0.15, 0.2) is 0 Å². The molecular formula is C9H18N2. The van der Waals surface area contributed by atoms with Gasteiger partial charge in [0.25, 0.3) is 0 Å². The SMILES string of the molecule is C[C@@]12CCCN[C@]1(C)CNC2. The molecule has 2 rings (SSSR count). The fourth-order valence-electron chi connectivity index (χ4n) is 2.48. The van der Waals surface area contributed by atoms with Crippen molar-refractivity contribution in [1.29, 1.82) is 0 Å². The molecule has 2 heterocycles. The lowest BCUT2D eigenvalue weighted by molar-refractivity contribution is 0.126. The monoisotopic (exact) mass is 154 g/mol. The van der Waals surface area contributed by atoms with E-state index in [4.69, 9.17) is 0 Å². The molecule has 2 nitrogen and oxygen atoms in total. The average molecular weight is 154 g/mol. The molecule has 2 saturated heterocycles. The van der Waals surface area contributed by atoms with Gasteiger partial charge in [0.1, 0.15) is 0 Å². The summed E-state index contributed by atoms with van der Waals surface area (Å²) in [5.74, 6) is 0. The Morgan fingerprint density at radius 2 is 2.00 bits per heavy atom. The molecule has 11 heavy (non-hydrogen) atoms. The van der Waals surface area contributed by atoms with Crippen LogP contribution in [0.5, 0.6) is 0 Å². The number of piperidine rings is 1. The van der Waals surface area contributed by atoms with E-state index in [1.54, 1.807) is 0 Å². The number of hydrogen-bond donors (Lipinski definition) is 2. The molecule has 0 radical (unpaired) electrons. The van der Waals surface area contributed by atoms with E-state index in [0.717, 1.165) is 6.54 Å². The van der Waals surface area contributed by atoms with Crippen molar-refractivity contribution < 1.29 is 0 Å². The lowest BCUT2D eigenvalue weighted by atomic mass is 9.69. The Kier molecular flexibility index (Phi) is 1.52. The van der Waals surface area contributed by atoms with E-state index in [0.29, 0.717) is 11.0 Å². The van der Waals surface area contributed by atoms with Crippen LogP contribution in [0.4, 0.5) is 0 Å². The van der Waals surface area contributed by atoms with Crippen LogP contribution in [0.3, 0.4) is 0 Å². The van der Waals surface area contributed by atoms with E-state index < -0.39 is 0 Å². The molecule has 0 aromatic rings. The highest BCUT2D eigenvalue weighted by Gasteiger charge is 2.49. The maximum Gasteiger partial charge on any atom is 0.0343 e. The number of nitrogens with one attached hydrogen (secondary N) is 2. The molecule has 0 amide bonds. The largest absolute Gasteiger partial charge is 0.314 e. The lowest BCUT2D eigenvalue weighted by Crippen LogP contribution is -2.57. The van der Waals surface area contributed by atoms with Crippen LogP contribution in [0.1, 0.15) is 26.7 Å². The molecule has 2 aliphatic heterocycles. The van der Waals surface area contributed by atoms with Crippen molar-refractivity contribution in [3.8, 4) is 0 Å². The molecule has 0 spiro atoms. The van der Waals surface area contributed by atoms with Gasteiger partial charge in [0.05, 0.1) is 0 Å². The maximum absolute atomic E-state index is 3.64. The minimum absolute atomic E-state index is 0.366. The lowest BCUT2D eigenvalue weighted by Gasteiger charge is -2.45. The Morgan fingerprint density at radius 1 is 1.18 bits per heavy atom. The molecular weight excluding hydrogens is 136 g/mol. The number of hydrogen-bond acceptors (Lipinski definition) is 2. The molecule has 0 bridgehead atoms. The van der Waals surface area contributed by atoms with Gasteiger partial charge in [0, 0.05) is 18.6 Å². The van der Waals surface area contributed by atoms with Crippen LogP contribution >= 0.6 is 0 Å². The summed E-state index contributed by atoms with van der Waals surface area (Å²) in [6.45, 7) is 8.29. The third-order valence-corrected chi connectivity index (χ3v) is 3.75. The van der Waals surface area contributed by atoms with Crippen LogP contribution in [-0.2, 0) is 0 Å². The minimum Gasteiger partial charge on any atom is -0.314 e. The highest BCUT2D eigenvalue weighted by molar-refractivity contribution is 5.08. The minimum atomic E-state index is 0.366. The van der Waals surface area contributed by atoms with Crippen molar-refractivity contribution in [2.75, 3.05) is 19.6 Å². The molecule has 2 aliphatic rings. The summed E-state index contributed by atoms with van der Waals surface area (Å²) < 4.78 is 0. The van der Waals surface area contributed by atoms with Crippen molar-refractivity contribution in [3.05, 3.63) is 0 Å². The van der Waals surface area contributed by atoms with E-state index in [2.05, 4.69) is 24.5 Å². The Labute approximate surface area is 68.7 Å². The number of rotatable bonds is 0. The smallest absolute Gasteiger partial charge is 0.0343 e. The molecule has 0 aromatic heterocycles. The third-order valence-electron chi connectivity index (χ3n) is 3.75. The normalized spacial score (nSPS) is 50.7. The standard InChI is InChI=1S/C9H18N2/c1-8-4-3-5-11-9(8,2)7-10-6-8/h10-11H,3-7H2,1-2H3/t8-,9+/m0/s1. The van der Waals surface area contributed by atoms with E-state index in [1.807, 2.05) is 0 Å². The fraction of sp³-hybridized carbons (Fsp3) is 1.00. The summed E-state index contributed by atoms with van der Waals surface area (Å²) in [6.07, 6.45) is 2.72. The van der Waals surface area contributed by atoms with Crippen molar-refractivity contribution in [2.24, 2.45) is 5.41 Å². The first-order valence-electron chi connectivity index (χ1n) is 4.62. The van der Waals surface area contributed by atoms with E-state index in [-0.39, 0.29) is 0 Å². The van der Waals surface area contributed by atoms with Gasteiger partial charge in [-0.25, -0.2) is 0 Å². The second-order valence-electron chi connectivity index (χ2n) is 4.53. The molecule has 2 atom stereocenters. The van der Waals surface area contributed by atoms with Crippen LogP contribution < -0.4 is 10.6 Å². The summed E-state index contributed by atoms with van der Waals surface area (Å²) in [6, 6.07) is 0. The highest BCUT2D eigenvalue weighted by atomic mass is 15.1. The van der Waals surface area contributed by atoms with Gasteiger partial charge < -0.3 is 10.6 Å². The van der Waals surface area contributed by atoms with E-state index in [9.17, 15) is 0 Å². The van der Waals surface area contributed by atoms with Gasteiger partial charge in [-0.1, -0.05) is 6.92 Å². The number of fused-ring (bicyclic) bond motifs is 1. The molecule has 2 heteroatoms. The quantitative estimate of drug-likeness (QED) is 0.538. The van der Waals surface area contributed by atoms with Gasteiger partial charge in [-0.3, -0.25) is 0 Å². The average Bonchev–Trinajstić information content (AvgIpc) is 2.25. The Bertz CT molecular complexity index is 151. The molecule has 0 aliphatic carbocycles. The highest BCUT2D eigenvalue weighted by Crippen LogP contribution is 2.41. The van der Waals surface area contributed by atoms with Crippen molar-refractivity contribution >= 4 is 0 Å². The summed E-state index contributed by atoms with van der Waals surface area (Å²) in [4.78, 5) is 0. The van der Waals surface area contributed by atoms with Crippen LogP contribution in [-0.4, -0.2) is 25.2 Å². The molecule has 64 valence electrons. The summed E-state index contributed by atoms with van der Waals surface area (Å²) >= 11 is 0. The predicted octanol–water partition coefficient (Wildman–Crippen LogP) is 0.738. The molecule has 2 N–H and O–H groups in total. The van der Waals surface area contributed by atoms with Crippen LogP contribution in [0, 0.1) is 5.41 Å². The zero-order chi connectivity index (χ0) is 7.95. The van der Waals surface area contributed by atoms with Gasteiger partial charge in [-0.15, -0.1) is 0 Å². The van der Waals surface area contributed by atoms with Crippen LogP contribution in [0.2, 0.25) is 0 Å². The summed E-state index contributed by atoms with van der Waals surface area (Å²) in [5.41, 5.74) is 0.872. The first kappa shape index (κ1) is 7.56. The van der Waals surface area contributed by atoms with Gasteiger partial charge in [0.2, 0.25) is 0 Å². The zero-order valence-corrected chi connectivity index (χ0v) is 7.54.